The Morgan fingerprint density at radius 1 is 1.14 bits per heavy atom. The first kappa shape index (κ1) is 19.2. The number of hydrogen-bond acceptors (Lipinski definition) is 5. The predicted molar refractivity (Wildman–Crippen MR) is 106 cm³/mol. The summed E-state index contributed by atoms with van der Waals surface area (Å²) in [5, 5.41) is 8.93. The van der Waals surface area contributed by atoms with Gasteiger partial charge < -0.3 is 13.9 Å². The molecule has 0 unspecified atom stereocenters. The van der Waals surface area contributed by atoms with Gasteiger partial charge in [0.15, 0.2) is 11.6 Å². The van der Waals surface area contributed by atoms with Crippen molar-refractivity contribution < 1.29 is 9.21 Å². The lowest BCUT2D eigenvalue weighted by molar-refractivity contribution is 0.0691. The number of amides is 1. The Labute approximate surface area is 166 Å². The third-order valence-corrected chi connectivity index (χ3v) is 6.10. The van der Waals surface area contributed by atoms with Crippen LogP contribution < -0.4 is 0 Å². The minimum absolute atomic E-state index is 0.00295. The van der Waals surface area contributed by atoms with E-state index in [9.17, 15) is 4.79 Å². The molecule has 2 aliphatic heterocycles. The van der Waals surface area contributed by atoms with Crippen LogP contribution in [0.1, 0.15) is 80.0 Å². The monoisotopic (exact) mass is 385 g/mol. The zero-order valence-corrected chi connectivity index (χ0v) is 17.1. The highest BCUT2D eigenvalue weighted by atomic mass is 16.4. The molecule has 28 heavy (non-hydrogen) atoms. The van der Waals surface area contributed by atoms with Crippen molar-refractivity contribution in [3.8, 4) is 0 Å². The molecule has 152 valence electrons. The van der Waals surface area contributed by atoms with Crippen molar-refractivity contribution in [1.29, 1.82) is 0 Å². The number of likely N-dealkylation sites (tertiary alicyclic amines) is 1. The fourth-order valence-corrected chi connectivity index (χ4v) is 4.42. The van der Waals surface area contributed by atoms with Crippen molar-refractivity contribution in [2.45, 2.75) is 71.5 Å². The molecule has 2 aliphatic rings. The highest BCUT2D eigenvalue weighted by molar-refractivity contribution is 5.92. The predicted octanol–water partition coefficient (Wildman–Crippen LogP) is 3.42. The fraction of sp³-hybridized carbons (Fsp3) is 0.667. The van der Waals surface area contributed by atoms with Gasteiger partial charge in [-0.15, -0.1) is 10.2 Å². The molecule has 1 saturated heterocycles. The average molecular weight is 386 g/mol. The summed E-state index contributed by atoms with van der Waals surface area (Å²) in [6.07, 6.45) is 6.49. The van der Waals surface area contributed by atoms with Gasteiger partial charge in [-0.25, -0.2) is 0 Å². The highest BCUT2D eigenvalue weighted by Crippen LogP contribution is 2.33. The van der Waals surface area contributed by atoms with Crippen molar-refractivity contribution in [3.63, 3.8) is 0 Å². The van der Waals surface area contributed by atoms with Crippen molar-refractivity contribution >= 4 is 5.91 Å². The molecule has 0 N–H and O–H groups in total. The molecule has 0 bridgehead atoms. The lowest BCUT2D eigenvalue weighted by Gasteiger charge is -2.24. The lowest BCUT2D eigenvalue weighted by atomic mass is 10.2. The minimum atomic E-state index is -0.0285. The van der Waals surface area contributed by atoms with Gasteiger partial charge in [0.05, 0.1) is 12.6 Å². The summed E-state index contributed by atoms with van der Waals surface area (Å²) < 4.78 is 8.18. The first-order valence-corrected chi connectivity index (χ1v) is 10.7. The number of rotatable bonds is 6. The number of fused-ring (bicyclic) bond motifs is 1. The van der Waals surface area contributed by atoms with Gasteiger partial charge in [0, 0.05) is 19.5 Å². The number of furan rings is 1. The van der Waals surface area contributed by atoms with Crippen LogP contribution in [-0.2, 0) is 19.5 Å². The largest absolute Gasteiger partial charge is 0.455 e. The molecule has 1 fully saturated rings. The molecule has 4 rings (SSSR count). The van der Waals surface area contributed by atoms with Gasteiger partial charge in [-0.2, -0.15) is 0 Å². The second-order valence-electron chi connectivity index (χ2n) is 7.82. The van der Waals surface area contributed by atoms with E-state index in [0.29, 0.717) is 5.76 Å². The number of carbonyl (C=O) groups excluding carboxylic acids is 1. The smallest absolute Gasteiger partial charge is 0.290 e. The lowest BCUT2D eigenvalue weighted by Crippen LogP contribution is -2.32. The van der Waals surface area contributed by atoms with Crippen molar-refractivity contribution in [3.05, 3.63) is 35.3 Å². The van der Waals surface area contributed by atoms with Crippen molar-refractivity contribution in [2.75, 3.05) is 19.6 Å². The summed E-state index contributed by atoms with van der Waals surface area (Å²) in [5.41, 5.74) is 0. The number of aryl methyl sites for hydroxylation is 1. The second kappa shape index (κ2) is 8.47. The summed E-state index contributed by atoms with van der Waals surface area (Å²) in [7, 11) is 0. The topological polar surface area (TPSA) is 67.4 Å². The Morgan fingerprint density at radius 2 is 2.00 bits per heavy atom. The van der Waals surface area contributed by atoms with Gasteiger partial charge in [0.25, 0.3) is 5.91 Å². The van der Waals surface area contributed by atoms with Gasteiger partial charge in [-0.05, 0) is 50.9 Å². The summed E-state index contributed by atoms with van der Waals surface area (Å²) >= 11 is 0. The van der Waals surface area contributed by atoms with Crippen LogP contribution in [0.4, 0.5) is 0 Å². The third kappa shape index (κ3) is 3.72. The van der Waals surface area contributed by atoms with Crippen LogP contribution in [-0.4, -0.2) is 50.1 Å². The zero-order chi connectivity index (χ0) is 19.5. The molecular weight excluding hydrogens is 354 g/mol. The van der Waals surface area contributed by atoms with Gasteiger partial charge in [-0.1, -0.05) is 20.3 Å². The molecule has 1 atom stereocenters. The summed E-state index contributed by atoms with van der Waals surface area (Å²) in [4.78, 5) is 17.4. The molecule has 1 amide bonds. The van der Waals surface area contributed by atoms with E-state index in [-0.39, 0.29) is 11.9 Å². The Balaban J connectivity index is 1.52. The van der Waals surface area contributed by atoms with Crippen molar-refractivity contribution in [2.24, 2.45) is 0 Å². The average Bonchev–Trinajstić information content (AvgIpc) is 3.42. The van der Waals surface area contributed by atoms with E-state index in [2.05, 4.69) is 33.5 Å². The maximum absolute atomic E-state index is 13.2. The Bertz CT molecular complexity index is 808. The highest BCUT2D eigenvalue weighted by Gasteiger charge is 2.36. The minimum Gasteiger partial charge on any atom is -0.455 e. The molecule has 4 heterocycles. The maximum Gasteiger partial charge on any atom is 0.290 e. The molecule has 0 radical (unpaired) electrons. The van der Waals surface area contributed by atoms with Crippen LogP contribution in [0.3, 0.4) is 0 Å². The maximum atomic E-state index is 13.2. The van der Waals surface area contributed by atoms with Crippen LogP contribution in [0.5, 0.6) is 0 Å². The fourth-order valence-electron chi connectivity index (χ4n) is 4.42. The number of carbonyl (C=O) groups is 1. The van der Waals surface area contributed by atoms with E-state index < -0.39 is 0 Å². The Kier molecular flexibility index (Phi) is 5.80. The molecule has 2 aromatic rings. The summed E-state index contributed by atoms with van der Waals surface area (Å²) in [6.45, 7) is 8.65. The number of aromatic nitrogens is 3. The van der Waals surface area contributed by atoms with Gasteiger partial charge in [0.1, 0.15) is 11.6 Å². The summed E-state index contributed by atoms with van der Waals surface area (Å²) in [5.74, 6) is 3.28. The van der Waals surface area contributed by atoms with Gasteiger partial charge in [0.2, 0.25) is 0 Å². The first-order valence-electron chi connectivity index (χ1n) is 10.7. The number of nitrogens with zero attached hydrogens (tertiary/aromatic N) is 5. The van der Waals surface area contributed by atoms with Crippen LogP contribution in [0.2, 0.25) is 0 Å². The molecule has 7 nitrogen and oxygen atoms in total. The van der Waals surface area contributed by atoms with E-state index in [0.717, 1.165) is 75.8 Å². The molecule has 0 spiro atoms. The standard InChI is InChI=1S/C21H31N5O2/c1-3-24(4-2)15-16-11-12-18(28-16)21(27)25-14-8-9-17(25)20-23-22-19-10-6-5-7-13-26(19)20/h11-12,17H,3-10,13-15H2,1-2H3/t17-/m0/s1. The van der Waals surface area contributed by atoms with Crippen LogP contribution in [0.25, 0.3) is 0 Å². The molecule has 0 aromatic carbocycles. The van der Waals surface area contributed by atoms with Crippen molar-refractivity contribution in [1.82, 2.24) is 24.6 Å². The van der Waals surface area contributed by atoms with Gasteiger partial charge >= 0.3 is 0 Å². The first-order chi connectivity index (χ1) is 13.7. The second-order valence-corrected chi connectivity index (χ2v) is 7.82. The van der Waals surface area contributed by atoms with E-state index in [1.54, 1.807) is 0 Å². The van der Waals surface area contributed by atoms with Crippen LogP contribution in [0.15, 0.2) is 16.5 Å². The zero-order valence-electron chi connectivity index (χ0n) is 17.1. The third-order valence-electron chi connectivity index (χ3n) is 6.10. The van der Waals surface area contributed by atoms with E-state index in [4.69, 9.17) is 4.42 Å². The summed E-state index contributed by atoms with van der Waals surface area (Å²) in [6, 6.07) is 3.75. The van der Waals surface area contributed by atoms with E-state index >= 15 is 0 Å². The van der Waals surface area contributed by atoms with Gasteiger partial charge in [-0.3, -0.25) is 9.69 Å². The molecular formula is C21H31N5O2. The quantitative estimate of drug-likeness (QED) is 0.762. The SMILES string of the molecule is CCN(CC)Cc1ccc(C(=O)N2CCC[C@H]2c2nnc3n2CCCCC3)o1. The molecule has 7 heteroatoms. The normalized spacial score (nSPS) is 19.8. The van der Waals surface area contributed by atoms with E-state index in [1.807, 2.05) is 17.0 Å². The molecule has 0 aliphatic carbocycles. The molecule has 0 saturated carbocycles. The number of hydrogen-bond donors (Lipinski definition) is 0. The Hall–Kier alpha value is -2.15. The van der Waals surface area contributed by atoms with E-state index in [1.165, 1.54) is 12.8 Å². The van der Waals surface area contributed by atoms with Crippen LogP contribution >= 0.6 is 0 Å². The molecule has 2 aromatic heterocycles. The Morgan fingerprint density at radius 3 is 2.82 bits per heavy atom. The van der Waals surface area contributed by atoms with Crippen LogP contribution in [0, 0.1) is 0 Å².